The predicted molar refractivity (Wildman–Crippen MR) is 134 cm³/mol. The van der Waals surface area contributed by atoms with Crippen molar-refractivity contribution >= 4 is 33.3 Å². The largest absolute Gasteiger partial charge is 0.497 e. The fourth-order valence-corrected chi connectivity index (χ4v) is 5.08. The molecule has 0 unspecified atom stereocenters. The Morgan fingerprint density at radius 1 is 1.27 bits per heavy atom. The van der Waals surface area contributed by atoms with Gasteiger partial charge in [-0.15, -0.1) is 0 Å². The van der Waals surface area contributed by atoms with E-state index in [1.165, 1.54) is 29.7 Å². The standard InChI is InChI=1S/C26H28N4O2S/c1-16-4-3-5-18(12-16)24-23(29-26(27)33-24)25(31)30(15-17-6-7-17)11-10-19-14-28-22-13-20(32-2)8-9-21(19)22/h3-5,8-9,12-14,17,28H,6-7,10-11,15H2,1-2H3,(H2,27,29). The van der Waals surface area contributed by atoms with Crippen molar-refractivity contribution in [2.75, 3.05) is 25.9 Å². The minimum Gasteiger partial charge on any atom is -0.497 e. The summed E-state index contributed by atoms with van der Waals surface area (Å²) in [6, 6.07) is 14.2. The lowest BCUT2D eigenvalue weighted by Gasteiger charge is -2.22. The van der Waals surface area contributed by atoms with E-state index in [2.05, 4.69) is 22.1 Å². The summed E-state index contributed by atoms with van der Waals surface area (Å²) in [5.74, 6) is 1.37. The van der Waals surface area contributed by atoms with Crippen LogP contribution in [0, 0.1) is 12.8 Å². The Morgan fingerprint density at radius 3 is 2.88 bits per heavy atom. The number of nitrogens with two attached hydrogens (primary N) is 1. The van der Waals surface area contributed by atoms with Crippen molar-refractivity contribution < 1.29 is 9.53 Å². The summed E-state index contributed by atoms with van der Waals surface area (Å²) >= 11 is 1.38. The van der Waals surface area contributed by atoms with Crippen LogP contribution < -0.4 is 10.5 Å². The maximum absolute atomic E-state index is 13.7. The number of thiazole rings is 1. The van der Waals surface area contributed by atoms with Gasteiger partial charge in [0.05, 0.1) is 12.0 Å². The summed E-state index contributed by atoms with van der Waals surface area (Å²) in [4.78, 5) is 24.3. The lowest BCUT2D eigenvalue weighted by molar-refractivity contribution is 0.0745. The van der Waals surface area contributed by atoms with Gasteiger partial charge in [0.1, 0.15) is 11.4 Å². The second-order valence-electron chi connectivity index (χ2n) is 8.77. The molecule has 2 heterocycles. The number of aromatic amines is 1. The molecule has 4 aromatic rings. The number of H-pyrrole nitrogens is 1. The Labute approximate surface area is 197 Å². The van der Waals surface area contributed by atoms with Crippen LogP contribution in [-0.2, 0) is 6.42 Å². The third-order valence-corrected chi connectivity index (χ3v) is 7.15. The molecule has 1 aliphatic rings. The quantitative estimate of drug-likeness (QED) is 0.374. The Morgan fingerprint density at radius 2 is 2.12 bits per heavy atom. The van der Waals surface area contributed by atoms with E-state index in [4.69, 9.17) is 10.5 Å². The van der Waals surface area contributed by atoms with Gasteiger partial charge in [-0.1, -0.05) is 41.2 Å². The summed E-state index contributed by atoms with van der Waals surface area (Å²) in [5.41, 5.74) is 10.9. The van der Waals surface area contributed by atoms with Crippen molar-refractivity contribution in [3.63, 3.8) is 0 Å². The van der Waals surface area contributed by atoms with Crippen molar-refractivity contribution in [1.82, 2.24) is 14.9 Å². The molecule has 0 aliphatic heterocycles. The van der Waals surface area contributed by atoms with Gasteiger partial charge in [-0.25, -0.2) is 4.98 Å². The molecule has 0 radical (unpaired) electrons. The van der Waals surface area contributed by atoms with Crippen molar-refractivity contribution in [1.29, 1.82) is 0 Å². The van der Waals surface area contributed by atoms with Crippen LogP contribution in [0.2, 0.25) is 0 Å². The highest BCUT2D eigenvalue weighted by Gasteiger charge is 2.30. The number of fused-ring (bicyclic) bond motifs is 1. The van der Waals surface area contributed by atoms with Gasteiger partial charge in [-0.05, 0) is 55.4 Å². The van der Waals surface area contributed by atoms with Crippen LogP contribution in [0.15, 0.2) is 48.7 Å². The van der Waals surface area contributed by atoms with E-state index < -0.39 is 0 Å². The molecule has 1 saturated carbocycles. The fourth-order valence-electron chi connectivity index (χ4n) is 4.26. The van der Waals surface area contributed by atoms with Crippen LogP contribution in [0.5, 0.6) is 5.75 Å². The first-order valence-electron chi connectivity index (χ1n) is 11.3. The molecule has 0 bridgehead atoms. The average molecular weight is 461 g/mol. The van der Waals surface area contributed by atoms with Gasteiger partial charge in [-0.2, -0.15) is 0 Å². The normalized spacial score (nSPS) is 13.4. The number of nitrogen functional groups attached to an aromatic ring is 1. The number of anilines is 1. The fraction of sp³-hybridized carbons (Fsp3) is 0.308. The minimum atomic E-state index is -0.0344. The molecule has 0 atom stereocenters. The van der Waals surface area contributed by atoms with Crippen molar-refractivity contribution in [2.24, 2.45) is 5.92 Å². The van der Waals surface area contributed by atoms with Crippen LogP contribution in [0.1, 0.15) is 34.5 Å². The molecule has 1 aliphatic carbocycles. The number of rotatable bonds is 8. The molecule has 1 amide bonds. The van der Waals surface area contributed by atoms with Crippen LogP contribution in [0.4, 0.5) is 5.13 Å². The van der Waals surface area contributed by atoms with Crippen molar-refractivity contribution in [2.45, 2.75) is 26.2 Å². The van der Waals surface area contributed by atoms with Crippen molar-refractivity contribution in [3.8, 4) is 16.2 Å². The number of hydrogen-bond acceptors (Lipinski definition) is 5. The van der Waals surface area contributed by atoms with Gasteiger partial charge in [-0.3, -0.25) is 4.79 Å². The van der Waals surface area contributed by atoms with Crippen LogP contribution in [0.3, 0.4) is 0 Å². The van der Waals surface area contributed by atoms with E-state index in [1.807, 2.05) is 48.4 Å². The van der Waals surface area contributed by atoms with Gasteiger partial charge >= 0.3 is 0 Å². The first-order chi connectivity index (χ1) is 16.0. The Bertz CT molecular complexity index is 1300. The smallest absolute Gasteiger partial charge is 0.274 e. The van der Waals surface area contributed by atoms with Gasteiger partial charge in [0, 0.05) is 36.3 Å². The summed E-state index contributed by atoms with van der Waals surface area (Å²) in [5, 5.41) is 1.58. The van der Waals surface area contributed by atoms with Gasteiger partial charge in [0.2, 0.25) is 0 Å². The Hall–Kier alpha value is -3.32. The van der Waals surface area contributed by atoms with E-state index in [9.17, 15) is 4.79 Å². The second-order valence-corrected chi connectivity index (χ2v) is 9.80. The van der Waals surface area contributed by atoms with Crippen LogP contribution in [-0.4, -0.2) is 41.0 Å². The zero-order valence-electron chi connectivity index (χ0n) is 18.9. The summed E-state index contributed by atoms with van der Waals surface area (Å²) in [6.45, 7) is 3.45. The van der Waals surface area contributed by atoms with E-state index in [1.54, 1.807) is 7.11 Å². The molecule has 170 valence electrons. The number of amides is 1. The lowest BCUT2D eigenvalue weighted by atomic mass is 10.1. The second kappa shape index (κ2) is 8.90. The molecule has 0 saturated heterocycles. The molecule has 33 heavy (non-hydrogen) atoms. The number of ether oxygens (including phenoxy) is 1. The summed E-state index contributed by atoms with van der Waals surface area (Å²) < 4.78 is 5.33. The first-order valence-corrected chi connectivity index (χ1v) is 12.1. The van der Waals surface area contributed by atoms with E-state index in [-0.39, 0.29) is 5.91 Å². The number of benzene rings is 2. The Balaban J connectivity index is 1.40. The summed E-state index contributed by atoms with van der Waals surface area (Å²) in [7, 11) is 1.67. The average Bonchev–Trinajstić information content (AvgIpc) is 3.42. The molecular formula is C26H28N4O2S. The Kier molecular flexibility index (Phi) is 5.81. The highest BCUT2D eigenvalue weighted by molar-refractivity contribution is 7.19. The van der Waals surface area contributed by atoms with E-state index >= 15 is 0 Å². The molecule has 0 spiro atoms. The molecule has 2 aromatic carbocycles. The molecular weight excluding hydrogens is 432 g/mol. The van der Waals surface area contributed by atoms with Gasteiger partial charge in [0.25, 0.3) is 5.91 Å². The summed E-state index contributed by atoms with van der Waals surface area (Å²) in [6.07, 6.45) is 5.16. The highest BCUT2D eigenvalue weighted by atomic mass is 32.1. The van der Waals surface area contributed by atoms with Crippen LogP contribution >= 0.6 is 11.3 Å². The highest BCUT2D eigenvalue weighted by Crippen LogP contribution is 2.35. The van der Waals surface area contributed by atoms with Gasteiger partial charge < -0.3 is 20.4 Å². The zero-order chi connectivity index (χ0) is 22.9. The monoisotopic (exact) mass is 460 g/mol. The number of carbonyl (C=O) groups is 1. The third kappa shape index (κ3) is 4.59. The van der Waals surface area contributed by atoms with E-state index in [0.29, 0.717) is 23.3 Å². The molecule has 3 N–H and O–H groups in total. The third-order valence-electron chi connectivity index (χ3n) is 6.21. The minimum absolute atomic E-state index is 0.0344. The molecule has 2 aromatic heterocycles. The molecule has 1 fully saturated rings. The van der Waals surface area contributed by atoms with Crippen molar-refractivity contribution in [3.05, 3.63) is 65.5 Å². The zero-order valence-corrected chi connectivity index (χ0v) is 19.7. The van der Waals surface area contributed by atoms with E-state index in [0.717, 1.165) is 45.6 Å². The molecule has 5 rings (SSSR count). The number of hydrogen-bond donors (Lipinski definition) is 2. The molecule has 6 nitrogen and oxygen atoms in total. The molecule has 7 heteroatoms. The first kappa shape index (κ1) is 21.5. The maximum Gasteiger partial charge on any atom is 0.274 e. The predicted octanol–water partition coefficient (Wildman–Crippen LogP) is 5.29. The number of aryl methyl sites for hydroxylation is 1. The number of nitrogens with one attached hydrogen (secondary N) is 1. The lowest BCUT2D eigenvalue weighted by Crippen LogP contribution is -2.35. The SMILES string of the molecule is COc1ccc2c(CCN(CC3CC3)C(=O)c3nc(N)sc3-c3cccc(C)c3)c[nH]c2c1. The number of carbonyl (C=O) groups excluding carboxylic acids is 1. The topological polar surface area (TPSA) is 84.2 Å². The number of aromatic nitrogens is 2. The van der Waals surface area contributed by atoms with Crippen LogP contribution in [0.25, 0.3) is 21.3 Å². The maximum atomic E-state index is 13.7. The number of methoxy groups -OCH3 is 1. The number of nitrogens with zero attached hydrogens (tertiary/aromatic N) is 2. The van der Waals surface area contributed by atoms with Gasteiger partial charge in [0.15, 0.2) is 5.13 Å².